The first-order valence-corrected chi connectivity index (χ1v) is 8.50. The molecule has 3 rings (SSSR count). The Bertz CT molecular complexity index is 647. The summed E-state index contributed by atoms with van der Waals surface area (Å²) in [6.45, 7) is 2.44. The molecule has 0 radical (unpaired) electrons. The average Bonchev–Trinajstić information content (AvgIpc) is 3.32. The molecule has 1 saturated heterocycles. The minimum Gasteiger partial charge on any atom is -0.478 e. The van der Waals surface area contributed by atoms with E-state index in [1.807, 2.05) is 0 Å². The Labute approximate surface area is 124 Å². The molecule has 0 bridgehead atoms. The number of hydrogen-bond acceptors (Lipinski definition) is 4. The van der Waals surface area contributed by atoms with Gasteiger partial charge in [-0.2, -0.15) is 4.31 Å². The fourth-order valence-corrected chi connectivity index (χ4v) is 4.16. The van der Waals surface area contributed by atoms with Crippen LogP contribution in [-0.4, -0.2) is 60.9 Å². The van der Waals surface area contributed by atoms with E-state index >= 15 is 0 Å². The van der Waals surface area contributed by atoms with Gasteiger partial charge in [0.15, 0.2) is 0 Å². The maximum absolute atomic E-state index is 12.6. The van der Waals surface area contributed by atoms with Crippen molar-refractivity contribution in [2.24, 2.45) is 0 Å². The topological polar surface area (TPSA) is 77.9 Å². The van der Waals surface area contributed by atoms with Crippen molar-refractivity contribution in [3.8, 4) is 0 Å². The van der Waals surface area contributed by atoms with Crippen molar-refractivity contribution >= 4 is 16.0 Å². The molecule has 1 aliphatic carbocycles. The summed E-state index contributed by atoms with van der Waals surface area (Å²) in [6.07, 6.45) is 2.43. The molecule has 1 N–H and O–H groups in total. The van der Waals surface area contributed by atoms with Crippen molar-refractivity contribution in [1.29, 1.82) is 0 Å². The first-order chi connectivity index (χ1) is 9.98. The first kappa shape index (κ1) is 14.5. The summed E-state index contributed by atoms with van der Waals surface area (Å²) in [5.41, 5.74) is -0.00677. The Morgan fingerprint density at radius 2 is 1.81 bits per heavy atom. The molecule has 114 valence electrons. The van der Waals surface area contributed by atoms with E-state index in [4.69, 9.17) is 5.11 Å². The molecule has 1 aromatic rings. The first-order valence-electron chi connectivity index (χ1n) is 7.06. The third kappa shape index (κ3) is 2.95. The van der Waals surface area contributed by atoms with Gasteiger partial charge in [-0.05, 0) is 31.0 Å². The van der Waals surface area contributed by atoms with Crippen LogP contribution < -0.4 is 0 Å². The fraction of sp³-hybridized carbons (Fsp3) is 0.500. The Hall–Kier alpha value is -1.44. The van der Waals surface area contributed by atoms with Gasteiger partial charge in [-0.1, -0.05) is 6.07 Å². The van der Waals surface area contributed by atoms with Gasteiger partial charge >= 0.3 is 5.97 Å². The lowest BCUT2D eigenvalue weighted by atomic mass is 10.2. The van der Waals surface area contributed by atoms with Gasteiger partial charge in [0, 0.05) is 32.2 Å². The molecule has 2 fully saturated rings. The van der Waals surface area contributed by atoms with Crippen molar-refractivity contribution < 1.29 is 18.3 Å². The van der Waals surface area contributed by atoms with Gasteiger partial charge in [0.2, 0.25) is 10.0 Å². The zero-order valence-corrected chi connectivity index (χ0v) is 12.4. The van der Waals surface area contributed by atoms with Gasteiger partial charge in [0.1, 0.15) is 0 Å². The van der Waals surface area contributed by atoms with Crippen LogP contribution in [0.15, 0.2) is 29.2 Å². The fourth-order valence-electron chi connectivity index (χ4n) is 2.69. The summed E-state index contributed by atoms with van der Waals surface area (Å²) in [6, 6.07) is 6.19. The van der Waals surface area contributed by atoms with Gasteiger partial charge in [-0.3, -0.25) is 4.90 Å². The zero-order chi connectivity index (χ0) is 15.0. The number of benzene rings is 1. The van der Waals surface area contributed by atoms with E-state index in [2.05, 4.69) is 4.90 Å². The average molecular weight is 310 g/mol. The largest absolute Gasteiger partial charge is 0.478 e. The number of piperazine rings is 1. The zero-order valence-electron chi connectivity index (χ0n) is 11.6. The third-order valence-electron chi connectivity index (χ3n) is 4.06. The summed E-state index contributed by atoms with van der Waals surface area (Å²) in [5.74, 6) is -1.12. The Morgan fingerprint density at radius 3 is 2.38 bits per heavy atom. The number of carboxylic acid groups (broad SMARTS) is 1. The monoisotopic (exact) mass is 310 g/mol. The normalized spacial score (nSPS) is 21.3. The molecule has 1 aliphatic heterocycles. The van der Waals surface area contributed by atoms with Crippen molar-refractivity contribution in [2.45, 2.75) is 23.8 Å². The van der Waals surface area contributed by atoms with E-state index in [0.717, 1.165) is 13.1 Å². The minimum absolute atomic E-state index is 0.00677. The smallest absolute Gasteiger partial charge is 0.335 e. The molecule has 0 atom stereocenters. The van der Waals surface area contributed by atoms with Crippen molar-refractivity contribution in [3.05, 3.63) is 29.8 Å². The van der Waals surface area contributed by atoms with Crippen LogP contribution in [0.25, 0.3) is 0 Å². The summed E-state index contributed by atoms with van der Waals surface area (Å²) in [5, 5.41) is 8.97. The molecule has 2 aliphatic rings. The maximum atomic E-state index is 12.6. The molecule has 0 amide bonds. The van der Waals surface area contributed by atoms with Gasteiger partial charge in [-0.15, -0.1) is 0 Å². The maximum Gasteiger partial charge on any atom is 0.335 e. The summed E-state index contributed by atoms with van der Waals surface area (Å²) >= 11 is 0. The predicted octanol–water partition coefficient (Wildman–Crippen LogP) is 0.853. The van der Waals surface area contributed by atoms with Gasteiger partial charge in [0.25, 0.3) is 0 Å². The molecule has 21 heavy (non-hydrogen) atoms. The Morgan fingerprint density at radius 1 is 1.14 bits per heavy atom. The molecule has 7 heteroatoms. The van der Waals surface area contributed by atoms with Gasteiger partial charge in [-0.25, -0.2) is 13.2 Å². The molecule has 0 spiro atoms. The quantitative estimate of drug-likeness (QED) is 0.892. The van der Waals surface area contributed by atoms with E-state index in [0.29, 0.717) is 19.1 Å². The summed E-state index contributed by atoms with van der Waals surface area (Å²) < 4.78 is 26.6. The molecular formula is C14H18N2O4S. The van der Waals surface area contributed by atoms with Crippen molar-refractivity contribution in [1.82, 2.24) is 9.21 Å². The van der Waals surface area contributed by atoms with Crippen LogP contribution in [0.2, 0.25) is 0 Å². The van der Waals surface area contributed by atoms with Crippen LogP contribution in [0, 0.1) is 0 Å². The van der Waals surface area contributed by atoms with Crippen LogP contribution in [0.4, 0.5) is 0 Å². The number of hydrogen-bond donors (Lipinski definition) is 1. The van der Waals surface area contributed by atoms with E-state index in [1.54, 1.807) is 0 Å². The van der Waals surface area contributed by atoms with Crippen LogP contribution in [0.5, 0.6) is 0 Å². The second kappa shape index (κ2) is 5.40. The molecule has 1 heterocycles. The number of rotatable bonds is 4. The third-order valence-corrected chi connectivity index (χ3v) is 5.95. The lowest BCUT2D eigenvalue weighted by molar-refractivity contribution is 0.0696. The highest BCUT2D eigenvalue weighted by molar-refractivity contribution is 7.89. The van der Waals surface area contributed by atoms with E-state index in [9.17, 15) is 13.2 Å². The van der Waals surface area contributed by atoms with E-state index < -0.39 is 16.0 Å². The highest BCUT2D eigenvalue weighted by atomic mass is 32.2. The van der Waals surface area contributed by atoms with E-state index in [1.165, 1.54) is 41.4 Å². The van der Waals surface area contributed by atoms with Crippen LogP contribution in [0.1, 0.15) is 23.2 Å². The highest BCUT2D eigenvalue weighted by Crippen LogP contribution is 2.28. The molecule has 1 saturated carbocycles. The second-order valence-corrected chi connectivity index (χ2v) is 7.44. The summed E-state index contributed by atoms with van der Waals surface area (Å²) in [7, 11) is -3.60. The Balaban J connectivity index is 1.77. The lowest BCUT2D eigenvalue weighted by Crippen LogP contribution is -2.49. The molecule has 0 unspecified atom stereocenters. The number of carbonyl (C=O) groups is 1. The summed E-state index contributed by atoms with van der Waals surface area (Å²) in [4.78, 5) is 13.4. The predicted molar refractivity (Wildman–Crippen MR) is 76.8 cm³/mol. The van der Waals surface area contributed by atoms with Crippen LogP contribution in [0.3, 0.4) is 0 Å². The molecular weight excluding hydrogens is 292 g/mol. The number of nitrogens with zero attached hydrogens (tertiary/aromatic N) is 2. The SMILES string of the molecule is O=C(O)c1cccc(S(=O)(=O)N2CCN(C3CC3)CC2)c1. The molecule has 1 aromatic carbocycles. The lowest BCUT2D eigenvalue weighted by Gasteiger charge is -2.34. The van der Waals surface area contributed by atoms with Crippen molar-refractivity contribution in [3.63, 3.8) is 0 Å². The van der Waals surface area contributed by atoms with Crippen molar-refractivity contribution in [2.75, 3.05) is 26.2 Å². The number of carboxylic acids is 1. The van der Waals surface area contributed by atoms with Crippen LogP contribution >= 0.6 is 0 Å². The minimum atomic E-state index is -3.60. The van der Waals surface area contributed by atoms with Gasteiger partial charge in [0.05, 0.1) is 10.5 Å². The standard InChI is InChI=1S/C14H18N2O4S/c17-14(18)11-2-1-3-13(10-11)21(19,20)16-8-6-15(7-9-16)12-4-5-12/h1-3,10,12H,4-9H2,(H,17,18). The highest BCUT2D eigenvalue weighted by Gasteiger charge is 2.34. The van der Waals surface area contributed by atoms with Crippen LogP contribution in [-0.2, 0) is 10.0 Å². The van der Waals surface area contributed by atoms with Gasteiger partial charge < -0.3 is 5.11 Å². The second-order valence-electron chi connectivity index (χ2n) is 5.50. The Kier molecular flexibility index (Phi) is 3.73. The van der Waals surface area contributed by atoms with E-state index in [-0.39, 0.29) is 10.5 Å². The molecule has 6 nitrogen and oxygen atoms in total. The molecule has 0 aromatic heterocycles. The number of sulfonamides is 1. The number of aromatic carboxylic acids is 1.